The molecule has 0 saturated carbocycles. The van der Waals surface area contributed by atoms with Crippen LogP contribution in [0.4, 0.5) is 5.69 Å². The molecule has 1 aliphatic heterocycles. The third-order valence-electron chi connectivity index (χ3n) is 3.98. The fourth-order valence-electron chi connectivity index (χ4n) is 2.52. The topological polar surface area (TPSA) is 32.3 Å². The number of nitrogens with zero attached hydrogens (tertiary/aromatic N) is 1. The van der Waals surface area contributed by atoms with Gasteiger partial charge in [0.15, 0.2) is 0 Å². The van der Waals surface area contributed by atoms with E-state index in [4.69, 9.17) is 11.6 Å². The normalized spacial score (nSPS) is 17.9. The molecule has 1 heterocycles. The molecule has 0 aliphatic carbocycles. The Morgan fingerprint density at radius 3 is 2.60 bits per heavy atom. The van der Waals surface area contributed by atoms with Gasteiger partial charge in [-0.2, -0.15) is 0 Å². The monoisotopic (exact) mass is 294 g/mol. The summed E-state index contributed by atoms with van der Waals surface area (Å²) in [5, 5.41) is 3.84. The lowest BCUT2D eigenvalue weighted by Gasteiger charge is -2.37. The molecule has 0 radical (unpaired) electrons. The molecule has 0 unspecified atom stereocenters. The van der Waals surface area contributed by atoms with Gasteiger partial charge in [0, 0.05) is 30.3 Å². The SMILES string of the molecule is CCNc1ccc(Cl)cc1C(=O)N1CCC(C)(C)CC1. The summed E-state index contributed by atoms with van der Waals surface area (Å²) in [4.78, 5) is 14.6. The molecule has 1 N–H and O–H groups in total. The van der Waals surface area contributed by atoms with E-state index in [1.807, 2.05) is 24.0 Å². The maximum Gasteiger partial charge on any atom is 0.256 e. The van der Waals surface area contributed by atoms with Crippen molar-refractivity contribution >= 4 is 23.2 Å². The van der Waals surface area contributed by atoms with Crippen LogP contribution in [0.2, 0.25) is 5.02 Å². The largest absolute Gasteiger partial charge is 0.385 e. The number of halogens is 1. The first-order valence-electron chi connectivity index (χ1n) is 7.25. The highest BCUT2D eigenvalue weighted by Gasteiger charge is 2.29. The summed E-state index contributed by atoms with van der Waals surface area (Å²) in [7, 11) is 0. The lowest BCUT2D eigenvalue weighted by molar-refractivity contribution is 0.0631. The Kier molecular flexibility index (Phi) is 4.59. The van der Waals surface area contributed by atoms with Gasteiger partial charge in [-0.15, -0.1) is 0 Å². The van der Waals surface area contributed by atoms with Crippen molar-refractivity contribution in [3.63, 3.8) is 0 Å². The number of amides is 1. The second-order valence-corrected chi connectivity index (χ2v) is 6.61. The van der Waals surface area contributed by atoms with Crippen LogP contribution in [0, 0.1) is 5.41 Å². The number of carbonyl (C=O) groups excluding carboxylic acids is 1. The van der Waals surface area contributed by atoms with E-state index in [1.54, 1.807) is 6.07 Å². The molecule has 4 heteroatoms. The summed E-state index contributed by atoms with van der Waals surface area (Å²) in [6.07, 6.45) is 2.10. The molecule has 20 heavy (non-hydrogen) atoms. The number of carbonyl (C=O) groups is 1. The molecule has 3 nitrogen and oxygen atoms in total. The predicted molar refractivity (Wildman–Crippen MR) is 84.5 cm³/mol. The minimum atomic E-state index is 0.0824. The number of rotatable bonds is 3. The molecule has 1 aliphatic rings. The highest BCUT2D eigenvalue weighted by molar-refractivity contribution is 6.31. The van der Waals surface area contributed by atoms with Gasteiger partial charge in [0.2, 0.25) is 0 Å². The van der Waals surface area contributed by atoms with Gasteiger partial charge in [-0.3, -0.25) is 4.79 Å². The molecule has 2 rings (SSSR count). The van der Waals surface area contributed by atoms with Gasteiger partial charge in [0.25, 0.3) is 5.91 Å². The summed E-state index contributed by atoms with van der Waals surface area (Å²) in [6.45, 7) is 8.98. The van der Waals surface area contributed by atoms with Crippen LogP contribution in [0.15, 0.2) is 18.2 Å². The van der Waals surface area contributed by atoms with Crippen molar-refractivity contribution in [2.45, 2.75) is 33.6 Å². The molecule has 0 atom stereocenters. The molecule has 1 fully saturated rings. The number of hydrogen-bond acceptors (Lipinski definition) is 2. The first kappa shape index (κ1) is 15.2. The average Bonchev–Trinajstić information content (AvgIpc) is 2.40. The van der Waals surface area contributed by atoms with Crippen LogP contribution in [0.25, 0.3) is 0 Å². The van der Waals surface area contributed by atoms with Crippen molar-refractivity contribution in [3.05, 3.63) is 28.8 Å². The minimum Gasteiger partial charge on any atom is -0.385 e. The van der Waals surface area contributed by atoms with E-state index in [0.29, 0.717) is 16.0 Å². The van der Waals surface area contributed by atoms with E-state index in [2.05, 4.69) is 19.2 Å². The number of piperidine rings is 1. The zero-order valence-electron chi connectivity index (χ0n) is 12.5. The van der Waals surface area contributed by atoms with Crippen molar-refractivity contribution in [1.82, 2.24) is 4.90 Å². The van der Waals surface area contributed by atoms with E-state index in [-0.39, 0.29) is 5.91 Å². The van der Waals surface area contributed by atoms with Crippen molar-refractivity contribution in [2.75, 3.05) is 25.0 Å². The summed E-state index contributed by atoms with van der Waals surface area (Å²) in [5.74, 6) is 0.0824. The zero-order chi connectivity index (χ0) is 14.8. The van der Waals surface area contributed by atoms with Gasteiger partial charge in [-0.25, -0.2) is 0 Å². The van der Waals surface area contributed by atoms with Gasteiger partial charge < -0.3 is 10.2 Å². The maximum absolute atomic E-state index is 12.7. The quantitative estimate of drug-likeness (QED) is 0.913. The first-order chi connectivity index (χ1) is 9.43. The Morgan fingerprint density at radius 1 is 1.35 bits per heavy atom. The number of anilines is 1. The highest BCUT2D eigenvalue weighted by atomic mass is 35.5. The van der Waals surface area contributed by atoms with Crippen LogP contribution in [-0.2, 0) is 0 Å². The third kappa shape index (κ3) is 3.45. The number of likely N-dealkylation sites (tertiary alicyclic amines) is 1. The van der Waals surface area contributed by atoms with E-state index in [0.717, 1.165) is 38.2 Å². The van der Waals surface area contributed by atoms with Crippen LogP contribution in [0.1, 0.15) is 44.0 Å². The molecule has 0 spiro atoms. The summed E-state index contributed by atoms with van der Waals surface area (Å²) >= 11 is 6.05. The fraction of sp³-hybridized carbons (Fsp3) is 0.562. The van der Waals surface area contributed by atoms with Crippen molar-refractivity contribution in [3.8, 4) is 0 Å². The lowest BCUT2D eigenvalue weighted by atomic mass is 9.82. The van der Waals surface area contributed by atoms with Gasteiger partial charge in [-0.05, 0) is 43.4 Å². The van der Waals surface area contributed by atoms with Crippen LogP contribution in [0.5, 0.6) is 0 Å². The Hall–Kier alpha value is -1.22. The van der Waals surface area contributed by atoms with Gasteiger partial charge in [0.05, 0.1) is 5.56 Å². The second-order valence-electron chi connectivity index (χ2n) is 6.18. The fourth-order valence-corrected chi connectivity index (χ4v) is 2.70. The van der Waals surface area contributed by atoms with E-state index >= 15 is 0 Å². The van der Waals surface area contributed by atoms with Gasteiger partial charge in [0.1, 0.15) is 0 Å². The molecule has 1 aromatic carbocycles. The van der Waals surface area contributed by atoms with E-state index < -0.39 is 0 Å². The Bertz CT molecular complexity index is 489. The van der Waals surface area contributed by atoms with Gasteiger partial charge in [-0.1, -0.05) is 25.4 Å². The molecule has 110 valence electrons. The highest BCUT2D eigenvalue weighted by Crippen LogP contribution is 2.31. The van der Waals surface area contributed by atoms with Gasteiger partial charge >= 0.3 is 0 Å². The number of benzene rings is 1. The molecule has 0 bridgehead atoms. The summed E-state index contributed by atoms with van der Waals surface area (Å²) in [6, 6.07) is 5.46. The van der Waals surface area contributed by atoms with Crippen molar-refractivity contribution in [2.24, 2.45) is 5.41 Å². The lowest BCUT2D eigenvalue weighted by Crippen LogP contribution is -2.41. The molecule has 0 aromatic heterocycles. The first-order valence-corrected chi connectivity index (χ1v) is 7.63. The third-order valence-corrected chi connectivity index (χ3v) is 4.22. The van der Waals surface area contributed by atoms with Crippen LogP contribution in [-0.4, -0.2) is 30.4 Å². The summed E-state index contributed by atoms with van der Waals surface area (Å²) in [5.41, 5.74) is 1.89. The molecular formula is C16H23ClN2O. The Labute approximate surface area is 126 Å². The Balaban J connectivity index is 2.18. The predicted octanol–water partition coefficient (Wildman–Crippen LogP) is 4.03. The second kappa shape index (κ2) is 6.04. The molecule has 1 aromatic rings. The number of nitrogens with one attached hydrogen (secondary N) is 1. The molecule has 1 amide bonds. The van der Waals surface area contributed by atoms with Crippen LogP contribution in [0.3, 0.4) is 0 Å². The van der Waals surface area contributed by atoms with Crippen molar-refractivity contribution in [1.29, 1.82) is 0 Å². The minimum absolute atomic E-state index is 0.0824. The van der Waals surface area contributed by atoms with Crippen molar-refractivity contribution < 1.29 is 4.79 Å². The summed E-state index contributed by atoms with van der Waals surface area (Å²) < 4.78 is 0. The maximum atomic E-state index is 12.7. The smallest absolute Gasteiger partial charge is 0.256 e. The molecular weight excluding hydrogens is 272 g/mol. The zero-order valence-corrected chi connectivity index (χ0v) is 13.3. The number of hydrogen-bond donors (Lipinski definition) is 1. The Morgan fingerprint density at radius 2 is 2.00 bits per heavy atom. The van der Waals surface area contributed by atoms with Crippen LogP contribution < -0.4 is 5.32 Å². The standard InChI is InChI=1S/C16H23ClN2O/c1-4-18-14-6-5-12(17)11-13(14)15(20)19-9-7-16(2,3)8-10-19/h5-6,11,18H,4,7-10H2,1-3H3. The molecule has 1 saturated heterocycles. The van der Waals surface area contributed by atoms with E-state index in [9.17, 15) is 4.79 Å². The van der Waals surface area contributed by atoms with E-state index in [1.165, 1.54) is 0 Å². The van der Waals surface area contributed by atoms with Crippen LogP contribution >= 0.6 is 11.6 Å². The average molecular weight is 295 g/mol.